The number of hydrogen-bond acceptors (Lipinski definition) is 3. The third kappa shape index (κ3) is 3.40. The van der Waals surface area contributed by atoms with Crippen molar-refractivity contribution >= 4 is 27.8 Å². The first-order valence-corrected chi connectivity index (χ1v) is 7.29. The summed E-state index contributed by atoms with van der Waals surface area (Å²) in [5, 5.41) is 8.80. The highest BCUT2D eigenvalue weighted by atomic mass is 79.9. The maximum absolute atomic E-state index is 12.5. The van der Waals surface area contributed by atoms with Crippen LogP contribution in [0.1, 0.15) is 23.8 Å². The Morgan fingerprint density at radius 1 is 1.55 bits per heavy atom. The standard InChI is InChI=1S/C13H17BrN2O4/c1-2-15-7-9(14)5-11(15)13(19)16-3-4-20-10(8-16)6-12(17)18/h5,7,10H,2-4,6,8H2,1H3,(H,17,18)/t10-/m0/s1. The van der Waals surface area contributed by atoms with Crippen LogP contribution in [0.25, 0.3) is 0 Å². The Balaban J connectivity index is 2.10. The van der Waals surface area contributed by atoms with E-state index in [9.17, 15) is 9.59 Å². The number of aromatic nitrogens is 1. The van der Waals surface area contributed by atoms with E-state index in [0.717, 1.165) is 4.47 Å². The van der Waals surface area contributed by atoms with Gasteiger partial charge in [-0.3, -0.25) is 9.59 Å². The molecule has 0 saturated carbocycles. The van der Waals surface area contributed by atoms with Gasteiger partial charge in [-0.05, 0) is 28.9 Å². The summed E-state index contributed by atoms with van der Waals surface area (Å²) in [6, 6.07) is 1.79. The Hall–Kier alpha value is -1.34. The molecule has 0 spiro atoms. The number of nitrogens with zero attached hydrogens (tertiary/aromatic N) is 2. The molecular formula is C13H17BrN2O4. The summed E-state index contributed by atoms with van der Waals surface area (Å²) < 4.78 is 8.10. The summed E-state index contributed by atoms with van der Waals surface area (Å²) in [5.41, 5.74) is 0.607. The number of morpholine rings is 1. The molecular weight excluding hydrogens is 328 g/mol. The number of aliphatic carboxylic acids is 1. The summed E-state index contributed by atoms with van der Waals surface area (Å²) >= 11 is 3.37. The molecule has 1 aromatic rings. The molecule has 7 heteroatoms. The fraction of sp³-hybridized carbons (Fsp3) is 0.538. The summed E-state index contributed by atoms with van der Waals surface area (Å²) in [6.07, 6.45) is 1.35. The van der Waals surface area contributed by atoms with Gasteiger partial charge in [0.2, 0.25) is 0 Å². The maximum atomic E-state index is 12.5. The zero-order valence-electron chi connectivity index (χ0n) is 11.2. The van der Waals surface area contributed by atoms with Gasteiger partial charge in [-0.1, -0.05) is 0 Å². The van der Waals surface area contributed by atoms with Gasteiger partial charge >= 0.3 is 5.97 Å². The Kier molecular flexibility index (Phi) is 4.82. The number of carbonyl (C=O) groups is 2. The summed E-state index contributed by atoms with van der Waals surface area (Å²) in [5.74, 6) is -1.000. The van der Waals surface area contributed by atoms with Gasteiger partial charge in [-0.15, -0.1) is 0 Å². The third-order valence-electron chi connectivity index (χ3n) is 3.25. The van der Waals surface area contributed by atoms with E-state index in [-0.39, 0.29) is 12.3 Å². The number of aryl methyl sites for hydroxylation is 1. The largest absolute Gasteiger partial charge is 0.481 e. The quantitative estimate of drug-likeness (QED) is 0.900. The lowest BCUT2D eigenvalue weighted by molar-refractivity contribution is -0.141. The van der Waals surface area contributed by atoms with Gasteiger partial charge in [0.1, 0.15) is 5.69 Å². The fourth-order valence-corrected chi connectivity index (χ4v) is 2.76. The lowest BCUT2D eigenvalue weighted by Crippen LogP contribution is -2.46. The summed E-state index contributed by atoms with van der Waals surface area (Å²) in [6.45, 7) is 3.85. The van der Waals surface area contributed by atoms with E-state index in [1.165, 1.54) is 0 Å². The molecule has 1 aromatic heterocycles. The summed E-state index contributed by atoms with van der Waals surface area (Å²) in [7, 11) is 0. The minimum Gasteiger partial charge on any atom is -0.481 e. The molecule has 0 unspecified atom stereocenters. The van der Waals surface area contributed by atoms with Crippen LogP contribution in [0.5, 0.6) is 0 Å². The number of carboxylic acid groups (broad SMARTS) is 1. The van der Waals surface area contributed by atoms with E-state index in [2.05, 4.69) is 15.9 Å². The molecule has 0 aliphatic carbocycles. The molecule has 0 radical (unpaired) electrons. The molecule has 1 saturated heterocycles. The van der Waals surface area contributed by atoms with Gasteiger partial charge in [0.25, 0.3) is 5.91 Å². The number of carboxylic acids is 1. The van der Waals surface area contributed by atoms with E-state index in [1.807, 2.05) is 17.7 Å². The third-order valence-corrected chi connectivity index (χ3v) is 3.68. The van der Waals surface area contributed by atoms with Crippen LogP contribution in [0.4, 0.5) is 0 Å². The van der Waals surface area contributed by atoms with Crippen LogP contribution in [0.2, 0.25) is 0 Å². The zero-order chi connectivity index (χ0) is 14.7. The van der Waals surface area contributed by atoms with Crippen LogP contribution in [-0.4, -0.2) is 52.3 Å². The van der Waals surface area contributed by atoms with Crippen LogP contribution >= 0.6 is 15.9 Å². The molecule has 0 bridgehead atoms. The minimum atomic E-state index is -0.913. The molecule has 1 fully saturated rings. The molecule has 2 heterocycles. The SMILES string of the molecule is CCn1cc(Br)cc1C(=O)N1CCO[C@@H](CC(=O)O)C1. The minimum absolute atomic E-state index is 0.0811. The second-order valence-corrected chi connectivity index (χ2v) is 5.59. The molecule has 20 heavy (non-hydrogen) atoms. The zero-order valence-corrected chi connectivity index (χ0v) is 12.8. The fourth-order valence-electron chi connectivity index (χ4n) is 2.30. The predicted octanol–water partition coefficient (Wildman–Crippen LogP) is 1.59. The van der Waals surface area contributed by atoms with Crippen LogP contribution < -0.4 is 0 Å². The topological polar surface area (TPSA) is 71.8 Å². The Bertz CT molecular complexity index is 514. The van der Waals surface area contributed by atoms with Gasteiger partial charge in [-0.2, -0.15) is 0 Å². The average molecular weight is 345 g/mol. The number of amides is 1. The lowest BCUT2D eigenvalue weighted by atomic mass is 10.2. The highest BCUT2D eigenvalue weighted by Gasteiger charge is 2.28. The Morgan fingerprint density at radius 3 is 2.95 bits per heavy atom. The molecule has 2 rings (SSSR count). The number of carbonyl (C=O) groups excluding carboxylic acids is 1. The van der Waals surface area contributed by atoms with Gasteiger partial charge < -0.3 is 19.3 Å². The van der Waals surface area contributed by atoms with Crippen LogP contribution in [0.3, 0.4) is 0 Å². The highest BCUT2D eigenvalue weighted by molar-refractivity contribution is 9.10. The predicted molar refractivity (Wildman–Crippen MR) is 75.7 cm³/mol. The normalized spacial score (nSPS) is 19.1. The van der Waals surface area contributed by atoms with Crippen molar-refractivity contribution in [3.63, 3.8) is 0 Å². The molecule has 110 valence electrons. The molecule has 1 aliphatic heterocycles. The first-order valence-electron chi connectivity index (χ1n) is 6.49. The Morgan fingerprint density at radius 2 is 2.30 bits per heavy atom. The molecule has 0 aromatic carbocycles. The van der Waals surface area contributed by atoms with Gasteiger partial charge in [-0.25, -0.2) is 0 Å². The maximum Gasteiger partial charge on any atom is 0.306 e. The second kappa shape index (κ2) is 6.41. The van der Waals surface area contributed by atoms with Gasteiger partial charge in [0.05, 0.1) is 19.1 Å². The molecule has 1 N–H and O–H groups in total. The Labute approximate surface area is 125 Å². The van der Waals surface area contributed by atoms with Crippen LogP contribution in [0.15, 0.2) is 16.7 Å². The van der Waals surface area contributed by atoms with Crippen molar-refractivity contribution in [1.29, 1.82) is 0 Å². The van der Waals surface area contributed by atoms with Crippen molar-refractivity contribution in [2.24, 2.45) is 0 Å². The van der Waals surface area contributed by atoms with Crippen molar-refractivity contribution in [3.8, 4) is 0 Å². The van der Waals surface area contributed by atoms with E-state index in [1.54, 1.807) is 11.0 Å². The average Bonchev–Trinajstić information content (AvgIpc) is 2.78. The van der Waals surface area contributed by atoms with Crippen LogP contribution in [0, 0.1) is 0 Å². The molecule has 6 nitrogen and oxygen atoms in total. The number of hydrogen-bond donors (Lipinski definition) is 1. The van der Waals surface area contributed by atoms with Crippen molar-refractivity contribution in [3.05, 3.63) is 22.4 Å². The number of ether oxygens (including phenoxy) is 1. The number of halogens is 1. The van der Waals surface area contributed by atoms with E-state index in [0.29, 0.717) is 31.9 Å². The van der Waals surface area contributed by atoms with Crippen molar-refractivity contribution in [2.45, 2.75) is 26.0 Å². The highest BCUT2D eigenvalue weighted by Crippen LogP contribution is 2.18. The van der Waals surface area contributed by atoms with Crippen molar-refractivity contribution in [1.82, 2.24) is 9.47 Å². The van der Waals surface area contributed by atoms with E-state index in [4.69, 9.17) is 9.84 Å². The second-order valence-electron chi connectivity index (χ2n) is 4.67. The lowest BCUT2D eigenvalue weighted by Gasteiger charge is -2.32. The first kappa shape index (κ1) is 15.1. The molecule has 1 aliphatic rings. The van der Waals surface area contributed by atoms with Crippen molar-refractivity contribution < 1.29 is 19.4 Å². The van der Waals surface area contributed by atoms with Crippen LogP contribution in [-0.2, 0) is 16.1 Å². The number of rotatable bonds is 4. The first-order chi connectivity index (χ1) is 9.51. The smallest absolute Gasteiger partial charge is 0.306 e. The van der Waals surface area contributed by atoms with E-state index >= 15 is 0 Å². The summed E-state index contributed by atoms with van der Waals surface area (Å²) in [4.78, 5) is 24.9. The molecule has 1 amide bonds. The van der Waals surface area contributed by atoms with E-state index < -0.39 is 12.1 Å². The van der Waals surface area contributed by atoms with Crippen molar-refractivity contribution in [2.75, 3.05) is 19.7 Å². The van der Waals surface area contributed by atoms with Gasteiger partial charge in [0.15, 0.2) is 0 Å². The monoisotopic (exact) mass is 344 g/mol. The van der Waals surface area contributed by atoms with Gasteiger partial charge in [0, 0.05) is 30.3 Å². The molecule has 1 atom stereocenters.